The van der Waals surface area contributed by atoms with Crippen molar-refractivity contribution >= 4 is 15.7 Å². The highest BCUT2D eigenvalue weighted by Gasteiger charge is 2.60. The Bertz CT molecular complexity index is 473. The van der Waals surface area contributed by atoms with Gasteiger partial charge in [0.2, 0.25) is 5.91 Å². The molecular weight excluding hydrogens is 262 g/mol. The van der Waals surface area contributed by atoms with E-state index in [1.54, 1.807) is 0 Å². The zero-order chi connectivity index (χ0) is 14.8. The lowest BCUT2D eigenvalue weighted by atomic mass is 10.1. The summed E-state index contributed by atoms with van der Waals surface area (Å²) in [5.74, 6) is 0.479. The van der Waals surface area contributed by atoms with E-state index in [0.29, 0.717) is 18.9 Å². The van der Waals surface area contributed by atoms with Gasteiger partial charge in [-0.3, -0.25) is 4.79 Å². The van der Waals surface area contributed by atoms with Gasteiger partial charge in [-0.05, 0) is 31.6 Å². The first kappa shape index (κ1) is 16.2. The van der Waals surface area contributed by atoms with Gasteiger partial charge >= 0.3 is 0 Å². The van der Waals surface area contributed by atoms with Crippen molar-refractivity contribution in [3.63, 3.8) is 0 Å². The summed E-state index contributed by atoms with van der Waals surface area (Å²) in [6.45, 7) is 8.70. The van der Waals surface area contributed by atoms with E-state index in [1.165, 1.54) is 11.8 Å². The van der Waals surface area contributed by atoms with Gasteiger partial charge in [-0.2, -0.15) is 0 Å². The van der Waals surface area contributed by atoms with Gasteiger partial charge in [0.15, 0.2) is 0 Å². The highest BCUT2D eigenvalue weighted by atomic mass is 32.2. The molecule has 2 atom stereocenters. The summed E-state index contributed by atoms with van der Waals surface area (Å²) in [5.41, 5.74) is 1.24. The van der Waals surface area contributed by atoms with Gasteiger partial charge in [0.25, 0.3) is 0 Å². The molecule has 1 fully saturated rings. The Kier molecular flexibility index (Phi) is 4.82. The molecule has 0 bridgehead atoms. The van der Waals surface area contributed by atoms with Crippen LogP contribution in [-0.2, 0) is 14.6 Å². The van der Waals surface area contributed by atoms with E-state index in [1.807, 2.05) is 13.8 Å². The van der Waals surface area contributed by atoms with Crippen LogP contribution >= 0.6 is 0 Å². The number of allylic oxidation sites excluding steroid dienone is 2. The molecule has 0 aliphatic heterocycles. The first-order valence-electron chi connectivity index (χ1n) is 6.66. The fourth-order valence-electron chi connectivity index (χ4n) is 2.50. The summed E-state index contributed by atoms with van der Waals surface area (Å²) in [6, 6.07) is 0. The third kappa shape index (κ3) is 4.64. The van der Waals surface area contributed by atoms with Gasteiger partial charge in [0.1, 0.15) is 9.84 Å². The largest absolute Gasteiger partial charge is 0.356 e. The van der Waals surface area contributed by atoms with E-state index in [4.69, 9.17) is 0 Å². The zero-order valence-electron chi connectivity index (χ0n) is 12.5. The van der Waals surface area contributed by atoms with Gasteiger partial charge in [-0.15, -0.1) is 0 Å². The van der Waals surface area contributed by atoms with Crippen molar-refractivity contribution in [2.75, 3.05) is 18.6 Å². The average molecular weight is 287 g/mol. The molecule has 0 spiro atoms. The minimum Gasteiger partial charge on any atom is -0.356 e. The van der Waals surface area contributed by atoms with Crippen molar-refractivity contribution in [2.45, 2.75) is 34.1 Å². The summed E-state index contributed by atoms with van der Waals surface area (Å²) in [6.07, 6.45) is 3.84. The normalized spacial score (nSPS) is 24.7. The molecule has 1 N–H and O–H groups in total. The van der Waals surface area contributed by atoms with Gasteiger partial charge < -0.3 is 5.32 Å². The Balaban J connectivity index is 2.42. The quantitative estimate of drug-likeness (QED) is 0.598. The minimum absolute atomic E-state index is 0.0121. The molecule has 1 rings (SSSR count). The van der Waals surface area contributed by atoms with Crippen LogP contribution in [0.3, 0.4) is 0 Å². The van der Waals surface area contributed by atoms with Crippen molar-refractivity contribution in [2.24, 2.45) is 17.3 Å². The van der Waals surface area contributed by atoms with Crippen molar-refractivity contribution in [3.05, 3.63) is 11.6 Å². The number of carbonyl (C=O) groups excluding carboxylic acids is 1. The Morgan fingerprint density at radius 1 is 1.32 bits per heavy atom. The predicted molar refractivity (Wildman–Crippen MR) is 77.5 cm³/mol. The van der Waals surface area contributed by atoms with E-state index >= 15 is 0 Å². The first-order valence-corrected chi connectivity index (χ1v) is 8.72. The second kappa shape index (κ2) is 5.65. The SMILES string of the molecule is CC(C)=C[C@H]1[C@H](C(=O)NCCCS(C)(=O)=O)C1(C)C. The topological polar surface area (TPSA) is 63.2 Å². The van der Waals surface area contributed by atoms with Crippen LogP contribution in [0.15, 0.2) is 11.6 Å². The molecule has 1 saturated carbocycles. The predicted octanol–water partition coefficient (Wildman–Crippen LogP) is 1.78. The molecule has 0 aromatic carbocycles. The van der Waals surface area contributed by atoms with E-state index in [2.05, 4.69) is 25.2 Å². The van der Waals surface area contributed by atoms with Gasteiger partial charge in [0.05, 0.1) is 11.7 Å². The number of amides is 1. The Hall–Kier alpha value is -0.840. The molecule has 110 valence electrons. The highest BCUT2D eigenvalue weighted by Crippen LogP contribution is 2.59. The lowest BCUT2D eigenvalue weighted by Crippen LogP contribution is -2.28. The van der Waals surface area contributed by atoms with Gasteiger partial charge in [-0.1, -0.05) is 25.5 Å². The van der Waals surface area contributed by atoms with Crippen molar-refractivity contribution in [1.29, 1.82) is 0 Å². The number of hydrogen-bond acceptors (Lipinski definition) is 3. The number of nitrogens with one attached hydrogen (secondary N) is 1. The molecule has 0 unspecified atom stereocenters. The standard InChI is InChI=1S/C14H25NO3S/c1-10(2)9-11-12(14(11,3)4)13(16)15-7-6-8-19(5,17)18/h9,11-12H,6-8H2,1-5H3,(H,15,16)/t11-,12+/m0/s1. The van der Waals surface area contributed by atoms with Crippen molar-refractivity contribution in [3.8, 4) is 0 Å². The molecule has 4 nitrogen and oxygen atoms in total. The molecule has 0 aromatic rings. The fourth-order valence-corrected chi connectivity index (χ4v) is 3.17. The maximum atomic E-state index is 12.0. The third-order valence-electron chi connectivity index (χ3n) is 3.70. The van der Waals surface area contributed by atoms with Crippen LogP contribution in [-0.4, -0.2) is 32.9 Å². The second-order valence-electron chi connectivity index (χ2n) is 6.34. The van der Waals surface area contributed by atoms with Crippen LogP contribution in [0.4, 0.5) is 0 Å². The minimum atomic E-state index is -2.94. The summed E-state index contributed by atoms with van der Waals surface area (Å²) in [5, 5.41) is 2.84. The van der Waals surface area contributed by atoms with E-state index in [9.17, 15) is 13.2 Å². The molecule has 1 aliphatic carbocycles. The van der Waals surface area contributed by atoms with Gasteiger partial charge in [-0.25, -0.2) is 8.42 Å². The number of carbonyl (C=O) groups is 1. The highest BCUT2D eigenvalue weighted by molar-refractivity contribution is 7.90. The maximum Gasteiger partial charge on any atom is 0.224 e. The van der Waals surface area contributed by atoms with E-state index < -0.39 is 9.84 Å². The smallest absolute Gasteiger partial charge is 0.224 e. The van der Waals surface area contributed by atoms with Crippen LogP contribution < -0.4 is 5.32 Å². The lowest BCUT2D eigenvalue weighted by molar-refractivity contribution is -0.123. The van der Waals surface area contributed by atoms with Gasteiger partial charge in [0, 0.05) is 12.8 Å². The molecule has 0 saturated heterocycles. The van der Waals surface area contributed by atoms with Crippen LogP contribution in [0.25, 0.3) is 0 Å². The summed E-state index contributed by atoms with van der Waals surface area (Å²) in [4.78, 5) is 12.0. The van der Waals surface area contributed by atoms with E-state index in [0.717, 1.165) is 0 Å². The molecular formula is C14H25NO3S. The monoisotopic (exact) mass is 287 g/mol. The van der Waals surface area contributed by atoms with Crippen molar-refractivity contribution in [1.82, 2.24) is 5.32 Å². The van der Waals surface area contributed by atoms with Crippen LogP contribution in [0.1, 0.15) is 34.1 Å². The summed E-state index contributed by atoms with van der Waals surface area (Å²) >= 11 is 0. The molecule has 1 aliphatic rings. The molecule has 0 aromatic heterocycles. The number of sulfone groups is 1. The second-order valence-corrected chi connectivity index (χ2v) is 8.60. The first-order chi connectivity index (χ1) is 8.55. The number of rotatable bonds is 6. The molecule has 5 heteroatoms. The number of hydrogen-bond donors (Lipinski definition) is 1. The zero-order valence-corrected chi connectivity index (χ0v) is 13.3. The lowest BCUT2D eigenvalue weighted by Gasteiger charge is -2.05. The Morgan fingerprint density at radius 2 is 1.89 bits per heavy atom. The van der Waals surface area contributed by atoms with E-state index in [-0.39, 0.29) is 23.0 Å². The third-order valence-corrected chi connectivity index (χ3v) is 4.73. The van der Waals surface area contributed by atoms with Crippen molar-refractivity contribution < 1.29 is 13.2 Å². The maximum absolute atomic E-state index is 12.0. The molecule has 19 heavy (non-hydrogen) atoms. The van der Waals surface area contributed by atoms with Crippen LogP contribution in [0.2, 0.25) is 0 Å². The Morgan fingerprint density at radius 3 is 2.37 bits per heavy atom. The molecule has 0 radical (unpaired) electrons. The summed E-state index contributed by atoms with van der Waals surface area (Å²) < 4.78 is 22.0. The summed E-state index contributed by atoms with van der Waals surface area (Å²) in [7, 11) is -2.94. The Labute approximate surface area is 116 Å². The molecule has 0 heterocycles. The molecule has 1 amide bonds. The average Bonchev–Trinajstić information content (AvgIpc) is 2.72. The van der Waals surface area contributed by atoms with Crippen LogP contribution in [0.5, 0.6) is 0 Å². The fraction of sp³-hybridized carbons (Fsp3) is 0.786. The van der Waals surface area contributed by atoms with Crippen LogP contribution in [0, 0.1) is 17.3 Å².